The third-order valence-electron chi connectivity index (χ3n) is 5.80. The number of hydrogen-bond donors (Lipinski definition) is 0. The van der Waals surface area contributed by atoms with Crippen molar-refractivity contribution in [3.05, 3.63) is 34.3 Å². The van der Waals surface area contributed by atoms with E-state index in [-0.39, 0.29) is 0 Å². The molecule has 0 spiro atoms. The topological polar surface area (TPSA) is 58.3 Å². The molecule has 0 saturated carbocycles. The van der Waals surface area contributed by atoms with E-state index in [4.69, 9.17) is 9.51 Å². The number of piperazine rings is 1. The first-order valence-corrected chi connectivity index (χ1v) is 10.6. The van der Waals surface area contributed by atoms with E-state index in [1.165, 1.54) is 39.9 Å². The van der Waals surface area contributed by atoms with Gasteiger partial charge in [0, 0.05) is 37.1 Å². The maximum Gasteiger partial charge on any atom is 0.150 e. The van der Waals surface area contributed by atoms with Gasteiger partial charge < -0.3 is 9.42 Å². The lowest BCUT2D eigenvalue weighted by atomic mass is 9.89. The highest BCUT2D eigenvalue weighted by molar-refractivity contribution is 7.19. The molecule has 3 aromatic rings. The molecule has 1 unspecified atom stereocenters. The van der Waals surface area contributed by atoms with Crippen molar-refractivity contribution in [1.82, 2.24) is 20.0 Å². The average molecular weight is 384 g/mol. The van der Waals surface area contributed by atoms with Crippen LogP contribution in [0.5, 0.6) is 0 Å². The normalized spacial score (nSPS) is 21.0. The predicted molar refractivity (Wildman–Crippen MR) is 107 cm³/mol. The van der Waals surface area contributed by atoms with Crippen LogP contribution in [0.4, 0.5) is 5.82 Å². The summed E-state index contributed by atoms with van der Waals surface area (Å²) in [5.41, 5.74) is 2.46. The molecule has 7 heteroatoms. The Morgan fingerprint density at radius 2 is 2.07 bits per heavy atom. The smallest absolute Gasteiger partial charge is 0.150 e. The molecular formula is C20H25N5OS. The minimum absolute atomic E-state index is 0.783. The van der Waals surface area contributed by atoms with Gasteiger partial charge in [0.05, 0.1) is 17.6 Å². The van der Waals surface area contributed by atoms with Crippen molar-refractivity contribution in [2.45, 2.75) is 39.7 Å². The second kappa shape index (κ2) is 6.87. The molecule has 0 bridgehead atoms. The van der Waals surface area contributed by atoms with Gasteiger partial charge in [-0.1, -0.05) is 12.1 Å². The lowest BCUT2D eigenvalue weighted by Crippen LogP contribution is -2.46. The number of aromatic nitrogens is 3. The van der Waals surface area contributed by atoms with Crippen molar-refractivity contribution in [2.75, 3.05) is 31.1 Å². The van der Waals surface area contributed by atoms with Crippen LogP contribution in [0.2, 0.25) is 0 Å². The van der Waals surface area contributed by atoms with Gasteiger partial charge in [-0.15, -0.1) is 11.3 Å². The Bertz CT molecular complexity index is 957. The summed E-state index contributed by atoms with van der Waals surface area (Å²) in [5.74, 6) is 2.87. The number of thiophene rings is 1. The van der Waals surface area contributed by atoms with E-state index >= 15 is 0 Å². The molecule has 1 fully saturated rings. The van der Waals surface area contributed by atoms with Gasteiger partial charge in [0.2, 0.25) is 0 Å². The first-order chi connectivity index (χ1) is 13.2. The highest BCUT2D eigenvalue weighted by atomic mass is 32.1. The SMILES string of the molecule is Cc1cc(CN2CCN(c3ncnc4sc5c(c34)CCC(C)C5)CC2)on1. The zero-order chi connectivity index (χ0) is 18.4. The Hall–Kier alpha value is -1.99. The molecule has 1 aliphatic heterocycles. The van der Waals surface area contributed by atoms with Crippen LogP contribution in [0.15, 0.2) is 16.9 Å². The number of aryl methyl sites for hydroxylation is 2. The summed E-state index contributed by atoms with van der Waals surface area (Å²) in [5, 5.41) is 5.31. The second-order valence-corrected chi connectivity index (χ2v) is 9.01. The highest BCUT2D eigenvalue weighted by Gasteiger charge is 2.26. The summed E-state index contributed by atoms with van der Waals surface area (Å²) in [6, 6.07) is 2.03. The van der Waals surface area contributed by atoms with Crippen molar-refractivity contribution in [2.24, 2.45) is 5.92 Å². The quantitative estimate of drug-likeness (QED) is 0.691. The third-order valence-corrected chi connectivity index (χ3v) is 6.96. The molecule has 1 atom stereocenters. The monoisotopic (exact) mass is 383 g/mol. The molecule has 0 amide bonds. The van der Waals surface area contributed by atoms with Gasteiger partial charge in [-0.25, -0.2) is 9.97 Å². The number of nitrogens with zero attached hydrogens (tertiary/aromatic N) is 5. The predicted octanol–water partition coefficient (Wildman–Crippen LogP) is 3.43. The molecule has 3 aromatic heterocycles. The Balaban J connectivity index is 1.36. The summed E-state index contributed by atoms with van der Waals surface area (Å²) in [4.78, 5) is 16.9. The van der Waals surface area contributed by atoms with Gasteiger partial charge in [-0.2, -0.15) is 0 Å². The van der Waals surface area contributed by atoms with Crippen molar-refractivity contribution < 1.29 is 4.52 Å². The summed E-state index contributed by atoms with van der Waals surface area (Å²) in [6.07, 6.45) is 5.38. The number of rotatable bonds is 3. The molecule has 1 saturated heterocycles. The minimum atomic E-state index is 0.783. The van der Waals surface area contributed by atoms with E-state index in [1.807, 2.05) is 24.3 Å². The molecule has 6 nitrogen and oxygen atoms in total. The summed E-state index contributed by atoms with van der Waals surface area (Å²) in [7, 11) is 0. The van der Waals surface area contributed by atoms with Crippen LogP contribution in [0.3, 0.4) is 0 Å². The van der Waals surface area contributed by atoms with Crippen LogP contribution in [0.1, 0.15) is 35.2 Å². The fourth-order valence-corrected chi connectivity index (χ4v) is 5.67. The lowest BCUT2D eigenvalue weighted by Gasteiger charge is -2.35. The van der Waals surface area contributed by atoms with E-state index in [1.54, 1.807) is 6.33 Å². The van der Waals surface area contributed by atoms with Gasteiger partial charge in [-0.05, 0) is 37.7 Å². The standard InChI is InChI=1S/C20H25N5OS/c1-13-3-4-16-17(9-13)27-20-18(16)19(21-12-22-20)25-7-5-24(6-8-25)11-15-10-14(2)23-26-15/h10,12-13H,3-9,11H2,1-2H3. The maximum atomic E-state index is 5.37. The molecule has 0 radical (unpaired) electrons. The van der Waals surface area contributed by atoms with Crippen LogP contribution in [0, 0.1) is 12.8 Å². The number of hydrogen-bond acceptors (Lipinski definition) is 7. The fourth-order valence-electron chi connectivity index (χ4n) is 4.33. The zero-order valence-electron chi connectivity index (χ0n) is 15.9. The third kappa shape index (κ3) is 3.23. The van der Waals surface area contributed by atoms with Crippen molar-refractivity contribution in [1.29, 1.82) is 0 Å². The summed E-state index contributed by atoms with van der Waals surface area (Å²) < 4.78 is 5.37. The minimum Gasteiger partial charge on any atom is -0.360 e. The van der Waals surface area contributed by atoms with Gasteiger partial charge in [0.25, 0.3) is 0 Å². The molecule has 5 rings (SSSR count). The average Bonchev–Trinajstić information content (AvgIpc) is 3.24. The first-order valence-electron chi connectivity index (χ1n) is 9.82. The molecule has 4 heterocycles. The summed E-state index contributed by atoms with van der Waals surface area (Å²) in [6.45, 7) is 9.14. The van der Waals surface area contributed by atoms with E-state index in [2.05, 4.69) is 26.9 Å². The lowest BCUT2D eigenvalue weighted by molar-refractivity contribution is 0.219. The van der Waals surface area contributed by atoms with Crippen LogP contribution in [-0.4, -0.2) is 46.2 Å². The zero-order valence-corrected chi connectivity index (χ0v) is 16.8. The van der Waals surface area contributed by atoms with Crippen molar-refractivity contribution in [3.8, 4) is 0 Å². The largest absolute Gasteiger partial charge is 0.360 e. The van der Waals surface area contributed by atoms with Gasteiger partial charge >= 0.3 is 0 Å². The van der Waals surface area contributed by atoms with E-state index in [0.717, 1.165) is 55.9 Å². The van der Waals surface area contributed by atoms with Crippen molar-refractivity contribution >= 4 is 27.4 Å². The highest BCUT2D eigenvalue weighted by Crippen LogP contribution is 2.40. The fraction of sp³-hybridized carbons (Fsp3) is 0.550. The summed E-state index contributed by atoms with van der Waals surface area (Å²) >= 11 is 1.88. The van der Waals surface area contributed by atoms with Gasteiger partial charge in [-0.3, -0.25) is 4.90 Å². The molecule has 1 aliphatic carbocycles. The van der Waals surface area contributed by atoms with Crippen molar-refractivity contribution in [3.63, 3.8) is 0 Å². The Morgan fingerprint density at radius 1 is 1.22 bits per heavy atom. The van der Waals surface area contributed by atoms with Gasteiger partial charge in [0.1, 0.15) is 17.0 Å². The van der Waals surface area contributed by atoms with E-state index in [0.29, 0.717) is 0 Å². The molecular weight excluding hydrogens is 358 g/mol. The first kappa shape index (κ1) is 17.1. The van der Waals surface area contributed by atoms with Crippen LogP contribution in [0.25, 0.3) is 10.2 Å². The van der Waals surface area contributed by atoms with Crippen LogP contribution >= 0.6 is 11.3 Å². The Morgan fingerprint density at radius 3 is 2.85 bits per heavy atom. The second-order valence-electron chi connectivity index (χ2n) is 7.93. The molecule has 2 aliphatic rings. The van der Waals surface area contributed by atoms with E-state index in [9.17, 15) is 0 Å². The van der Waals surface area contributed by atoms with Crippen LogP contribution in [-0.2, 0) is 19.4 Å². The van der Waals surface area contributed by atoms with Gasteiger partial charge in [0.15, 0.2) is 5.76 Å². The number of anilines is 1. The Kier molecular flexibility index (Phi) is 4.36. The molecule has 27 heavy (non-hydrogen) atoms. The molecule has 0 N–H and O–H groups in total. The van der Waals surface area contributed by atoms with Crippen LogP contribution < -0.4 is 4.90 Å². The Labute approximate surface area is 163 Å². The maximum absolute atomic E-state index is 5.37. The van der Waals surface area contributed by atoms with E-state index < -0.39 is 0 Å². The number of fused-ring (bicyclic) bond motifs is 3. The molecule has 142 valence electrons. The molecule has 0 aromatic carbocycles.